The SMILES string of the molecule is CC1CCN(C(=O)COC(=O)c2cc([N+](=O)[O-])ccc2NCCO)CC1. The fourth-order valence-electron chi connectivity index (χ4n) is 2.71. The number of benzene rings is 1. The van der Waals surface area contributed by atoms with Crippen LogP contribution < -0.4 is 5.32 Å². The minimum absolute atomic E-state index is 0.0484. The Kier molecular flexibility index (Phi) is 6.90. The summed E-state index contributed by atoms with van der Waals surface area (Å²) in [6.45, 7) is 3.00. The Morgan fingerprint density at radius 2 is 2.08 bits per heavy atom. The van der Waals surface area contributed by atoms with Gasteiger partial charge >= 0.3 is 5.97 Å². The molecular weight excluding hydrogens is 342 g/mol. The van der Waals surface area contributed by atoms with Crippen molar-refractivity contribution < 1.29 is 24.4 Å². The second-order valence-electron chi connectivity index (χ2n) is 6.28. The van der Waals surface area contributed by atoms with E-state index >= 15 is 0 Å². The van der Waals surface area contributed by atoms with Crippen molar-refractivity contribution in [3.05, 3.63) is 33.9 Å². The molecule has 1 amide bonds. The van der Waals surface area contributed by atoms with Gasteiger partial charge in [-0.1, -0.05) is 6.92 Å². The molecular formula is C17H23N3O6. The summed E-state index contributed by atoms with van der Waals surface area (Å²) < 4.78 is 5.07. The van der Waals surface area contributed by atoms with Crippen molar-refractivity contribution >= 4 is 23.3 Å². The van der Waals surface area contributed by atoms with Crippen LogP contribution in [-0.4, -0.2) is 59.7 Å². The van der Waals surface area contributed by atoms with Crippen LogP contribution in [0.15, 0.2) is 18.2 Å². The summed E-state index contributed by atoms with van der Waals surface area (Å²) in [4.78, 5) is 36.5. The van der Waals surface area contributed by atoms with E-state index in [0.717, 1.165) is 18.9 Å². The fourth-order valence-corrected chi connectivity index (χ4v) is 2.71. The molecule has 0 aromatic heterocycles. The standard InChI is InChI=1S/C17H23N3O6/c1-12-4-7-19(8-5-12)16(22)11-26-17(23)14-10-13(20(24)25)2-3-15(14)18-6-9-21/h2-3,10,12,18,21H,4-9,11H2,1H3. The van der Waals surface area contributed by atoms with Crippen LogP contribution >= 0.6 is 0 Å². The number of rotatable bonds is 7. The van der Waals surface area contributed by atoms with Crippen molar-refractivity contribution in [3.63, 3.8) is 0 Å². The summed E-state index contributed by atoms with van der Waals surface area (Å²) >= 11 is 0. The van der Waals surface area contributed by atoms with E-state index in [1.54, 1.807) is 4.90 Å². The van der Waals surface area contributed by atoms with Crippen LogP contribution in [-0.2, 0) is 9.53 Å². The van der Waals surface area contributed by atoms with Crippen molar-refractivity contribution in [2.75, 3.05) is 38.2 Å². The van der Waals surface area contributed by atoms with Crippen LogP contribution in [0.25, 0.3) is 0 Å². The highest BCUT2D eigenvalue weighted by Gasteiger charge is 2.23. The Hall–Kier alpha value is -2.68. The quantitative estimate of drug-likeness (QED) is 0.425. The number of aliphatic hydroxyl groups is 1. The lowest BCUT2D eigenvalue weighted by Crippen LogP contribution is -2.40. The molecule has 1 aromatic rings. The second kappa shape index (κ2) is 9.14. The molecule has 0 spiro atoms. The lowest BCUT2D eigenvalue weighted by Gasteiger charge is -2.30. The van der Waals surface area contributed by atoms with Gasteiger partial charge in [-0.15, -0.1) is 0 Å². The summed E-state index contributed by atoms with van der Waals surface area (Å²) in [5.74, 6) is -0.528. The van der Waals surface area contributed by atoms with Gasteiger partial charge in [-0.3, -0.25) is 14.9 Å². The molecule has 1 aromatic carbocycles. The van der Waals surface area contributed by atoms with E-state index in [4.69, 9.17) is 9.84 Å². The topological polar surface area (TPSA) is 122 Å². The molecule has 142 valence electrons. The van der Waals surface area contributed by atoms with Crippen LogP contribution in [0, 0.1) is 16.0 Å². The number of nitrogens with one attached hydrogen (secondary N) is 1. The van der Waals surface area contributed by atoms with E-state index in [2.05, 4.69) is 12.2 Å². The lowest BCUT2D eigenvalue weighted by atomic mass is 9.99. The number of non-ortho nitro benzene ring substituents is 1. The third-order valence-corrected chi connectivity index (χ3v) is 4.32. The predicted molar refractivity (Wildman–Crippen MR) is 93.9 cm³/mol. The lowest BCUT2D eigenvalue weighted by molar-refractivity contribution is -0.384. The largest absolute Gasteiger partial charge is 0.452 e. The van der Waals surface area contributed by atoms with Crippen molar-refractivity contribution in [2.45, 2.75) is 19.8 Å². The Morgan fingerprint density at radius 1 is 1.38 bits per heavy atom. The highest BCUT2D eigenvalue weighted by Crippen LogP contribution is 2.23. The number of nitrogens with zero attached hydrogens (tertiary/aromatic N) is 2. The van der Waals surface area contributed by atoms with Gasteiger partial charge in [0, 0.05) is 37.5 Å². The van der Waals surface area contributed by atoms with Crippen LogP contribution in [0.5, 0.6) is 0 Å². The van der Waals surface area contributed by atoms with Gasteiger partial charge in [-0.05, 0) is 24.8 Å². The number of aliphatic hydroxyl groups excluding tert-OH is 1. The van der Waals surface area contributed by atoms with Crippen molar-refractivity contribution in [3.8, 4) is 0 Å². The number of nitro benzene ring substituents is 1. The van der Waals surface area contributed by atoms with Crippen molar-refractivity contribution in [2.24, 2.45) is 5.92 Å². The Labute approximate surface area is 151 Å². The van der Waals surface area contributed by atoms with Gasteiger partial charge in [0.05, 0.1) is 17.1 Å². The zero-order valence-electron chi connectivity index (χ0n) is 14.6. The van der Waals surface area contributed by atoms with Gasteiger partial charge in [0.25, 0.3) is 11.6 Å². The van der Waals surface area contributed by atoms with E-state index in [-0.39, 0.29) is 30.3 Å². The molecule has 2 N–H and O–H groups in total. The minimum Gasteiger partial charge on any atom is -0.452 e. The van der Waals surface area contributed by atoms with Gasteiger partial charge < -0.3 is 20.1 Å². The van der Waals surface area contributed by atoms with E-state index in [1.807, 2.05) is 0 Å². The minimum atomic E-state index is -0.826. The van der Waals surface area contributed by atoms with Gasteiger partial charge in [-0.25, -0.2) is 4.79 Å². The maximum absolute atomic E-state index is 12.3. The maximum atomic E-state index is 12.3. The number of ether oxygens (including phenoxy) is 1. The number of anilines is 1. The monoisotopic (exact) mass is 365 g/mol. The maximum Gasteiger partial charge on any atom is 0.341 e. The summed E-state index contributed by atoms with van der Waals surface area (Å²) in [5, 5.41) is 22.6. The average molecular weight is 365 g/mol. The van der Waals surface area contributed by atoms with Crippen molar-refractivity contribution in [1.82, 2.24) is 4.90 Å². The molecule has 0 aliphatic carbocycles. The number of likely N-dealkylation sites (tertiary alicyclic amines) is 1. The molecule has 1 saturated heterocycles. The number of hydrogen-bond acceptors (Lipinski definition) is 7. The molecule has 26 heavy (non-hydrogen) atoms. The number of esters is 1. The zero-order valence-corrected chi connectivity index (χ0v) is 14.6. The van der Waals surface area contributed by atoms with Gasteiger partial charge in [0.15, 0.2) is 6.61 Å². The Balaban J connectivity index is 2.03. The first kappa shape index (κ1) is 19.6. The first-order valence-corrected chi connectivity index (χ1v) is 8.50. The van der Waals surface area contributed by atoms with Crippen LogP contribution in [0.4, 0.5) is 11.4 Å². The number of carbonyl (C=O) groups excluding carboxylic acids is 2. The highest BCUT2D eigenvalue weighted by molar-refractivity contribution is 5.97. The number of nitro groups is 1. The number of piperidine rings is 1. The smallest absolute Gasteiger partial charge is 0.341 e. The first-order chi connectivity index (χ1) is 12.4. The summed E-state index contributed by atoms with van der Waals surface area (Å²) in [6.07, 6.45) is 1.83. The van der Waals surface area contributed by atoms with E-state index in [9.17, 15) is 19.7 Å². The number of hydrogen-bond donors (Lipinski definition) is 2. The van der Waals surface area contributed by atoms with Gasteiger partial charge in [-0.2, -0.15) is 0 Å². The normalized spacial score (nSPS) is 14.8. The Bertz CT molecular complexity index is 670. The Morgan fingerprint density at radius 3 is 2.69 bits per heavy atom. The van der Waals surface area contributed by atoms with Crippen LogP contribution in [0.2, 0.25) is 0 Å². The molecule has 2 rings (SSSR count). The van der Waals surface area contributed by atoms with E-state index in [0.29, 0.717) is 24.7 Å². The molecule has 0 unspecified atom stereocenters. The van der Waals surface area contributed by atoms with Crippen molar-refractivity contribution in [1.29, 1.82) is 0 Å². The molecule has 1 fully saturated rings. The molecule has 1 aliphatic heterocycles. The van der Waals surface area contributed by atoms with Gasteiger partial charge in [0.2, 0.25) is 0 Å². The predicted octanol–water partition coefficient (Wildman–Crippen LogP) is 1.41. The fraction of sp³-hybridized carbons (Fsp3) is 0.529. The van der Waals surface area contributed by atoms with Crippen LogP contribution in [0.3, 0.4) is 0 Å². The molecule has 1 aliphatic rings. The molecule has 9 nitrogen and oxygen atoms in total. The third kappa shape index (κ3) is 5.16. The molecule has 1 heterocycles. The third-order valence-electron chi connectivity index (χ3n) is 4.32. The zero-order chi connectivity index (χ0) is 19.1. The average Bonchev–Trinajstić information content (AvgIpc) is 2.64. The summed E-state index contributed by atoms with van der Waals surface area (Å²) in [6, 6.07) is 3.71. The van der Waals surface area contributed by atoms with Gasteiger partial charge in [0.1, 0.15) is 0 Å². The molecule has 0 saturated carbocycles. The highest BCUT2D eigenvalue weighted by atomic mass is 16.6. The van der Waals surface area contributed by atoms with E-state index in [1.165, 1.54) is 12.1 Å². The second-order valence-corrected chi connectivity index (χ2v) is 6.28. The molecule has 0 atom stereocenters. The number of amides is 1. The molecule has 9 heteroatoms. The summed E-state index contributed by atoms with van der Waals surface area (Å²) in [7, 11) is 0. The molecule has 0 bridgehead atoms. The van der Waals surface area contributed by atoms with Crippen LogP contribution in [0.1, 0.15) is 30.1 Å². The van der Waals surface area contributed by atoms with E-state index < -0.39 is 17.5 Å². The molecule has 0 radical (unpaired) electrons. The summed E-state index contributed by atoms with van der Waals surface area (Å²) in [5.41, 5.74) is -0.00976. The first-order valence-electron chi connectivity index (χ1n) is 8.50. The number of carbonyl (C=O) groups is 2.